The standard InChI is InChI=1S/C12H7Cl2FN4/c1-6-17-11(14)8-5-16-19(12(8)18-6)7-2-3-9(13)10(15)4-7/h2-5H,1H3. The van der Waals surface area contributed by atoms with Crippen molar-refractivity contribution in [3.8, 4) is 5.69 Å². The summed E-state index contributed by atoms with van der Waals surface area (Å²) in [6.45, 7) is 1.73. The van der Waals surface area contributed by atoms with Crippen molar-refractivity contribution in [1.82, 2.24) is 19.7 Å². The lowest BCUT2D eigenvalue weighted by atomic mass is 10.3. The zero-order valence-corrected chi connectivity index (χ0v) is 11.2. The number of aromatic nitrogens is 4. The summed E-state index contributed by atoms with van der Waals surface area (Å²) in [4.78, 5) is 8.32. The Morgan fingerprint density at radius 3 is 2.74 bits per heavy atom. The minimum Gasteiger partial charge on any atom is -0.221 e. The first kappa shape index (κ1) is 12.3. The Labute approximate surface area is 117 Å². The van der Waals surface area contributed by atoms with Gasteiger partial charge < -0.3 is 0 Å². The Balaban J connectivity index is 2.28. The van der Waals surface area contributed by atoms with Crippen molar-refractivity contribution < 1.29 is 4.39 Å². The Morgan fingerprint density at radius 2 is 2.00 bits per heavy atom. The zero-order valence-electron chi connectivity index (χ0n) is 9.73. The lowest BCUT2D eigenvalue weighted by molar-refractivity contribution is 0.626. The molecular weight excluding hydrogens is 290 g/mol. The lowest BCUT2D eigenvalue weighted by Crippen LogP contribution is -2.00. The number of hydrogen-bond donors (Lipinski definition) is 0. The Hall–Kier alpha value is -1.72. The fraction of sp³-hybridized carbons (Fsp3) is 0.0833. The zero-order chi connectivity index (χ0) is 13.6. The average Bonchev–Trinajstić information content (AvgIpc) is 2.76. The van der Waals surface area contributed by atoms with Gasteiger partial charge in [0.25, 0.3) is 0 Å². The summed E-state index contributed by atoms with van der Waals surface area (Å²) >= 11 is 11.7. The maximum Gasteiger partial charge on any atom is 0.168 e. The van der Waals surface area contributed by atoms with Gasteiger partial charge in [0, 0.05) is 6.07 Å². The molecule has 0 radical (unpaired) electrons. The van der Waals surface area contributed by atoms with Gasteiger partial charge in [-0.05, 0) is 19.1 Å². The van der Waals surface area contributed by atoms with Crippen LogP contribution in [-0.4, -0.2) is 19.7 Å². The molecule has 0 unspecified atom stereocenters. The highest BCUT2D eigenvalue weighted by Gasteiger charge is 2.12. The molecule has 1 aromatic carbocycles. The molecule has 19 heavy (non-hydrogen) atoms. The van der Waals surface area contributed by atoms with Crippen molar-refractivity contribution >= 4 is 34.2 Å². The molecule has 4 nitrogen and oxygen atoms in total. The molecule has 96 valence electrons. The van der Waals surface area contributed by atoms with Crippen LogP contribution in [0.25, 0.3) is 16.7 Å². The highest BCUT2D eigenvalue weighted by molar-refractivity contribution is 6.33. The number of fused-ring (bicyclic) bond motifs is 1. The van der Waals surface area contributed by atoms with Crippen molar-refractivity contribution in [2.24, 2.45) is 0 Å². The van der Waals surface area contributed by atoms with E-state index in [4.69, 9.17) is 23.2 Å². The van der Waals surface area contributed by atoms with Gasteiger partial charge in [-0.1, -0.05) is 23.2 Å². The number of rotatable bonds is 1. The Kier molecular flexibility index (Phi) is 2.88. The van der Waals surface area contributed by atoms with Crippen LogP contribution in [0, 0.1) is 12.7 Å². The summed E-state index contributed by atoms with van der Waals surface area (Å²) in [7, 11) is 0. The van der Waals surface area contributed by atoms with Crippen molar-refractivity contribution in [3.63, 3.8) is 0 Å². The maximum absolute atomic E-state index is 13.5. The van der Waals surface area contributed by atoms with Gasteiger partial charge in [-0.15, -0.1) is 0 Å². The molecule has 2 aromatic heterocycles. The monoisotopic (exact) mass is 296 g/mol. The van der Waals surface area contributed by atoms with Crippen LogP contribution in [0.4, 0.5) is 4.39 Å². The fourth-order valence-corrected chi connectivity index (χ4v) is 2.15. The molecule has 0 fully saturated rings. The van der Waals surface area contributed by atoms with E-state index in [0.717, 1.165) is 0 Å². The van der Waals surface area contributed by atoms with Crippen LogP contribution in [-0.2, 0) is 0 Å². The Bertz CT molecular complexity index is 785. The Morgan fingerprint density at radius 1 is 1.21 bits per heavy atom. The molecule has 0 spiro atoms. The van der Waals surface area contributed by atoms with Crippen LogP contribution in [0.3, 0.4) is 0 Å². The molecule has 0 saturated heterocycles. The maximum atomic E-state index is 13.5. The van der Waals surface area contributed by atoms with Crippen molar-refractivity contribution in [2.45, 2.75) is 6.92 Å². The molecule has 0 N–H and O–H groups in total. The predicted octanol–water partition coefficient (Wildman–Crippen LogP) is 3.57. The summed E-state index contributed by atoms with van der Waals surface area (Å²) in [5, 5.41) is 5.15. The summed E-state index contributed by atoms with van der Waals surface area (Å²) in [6.07, 6.45) is 1.55. The van der Waals surface area contributed by atoms with E-state index in [1.165, 1.54) is 16.8 Å². The average molecular weight is 297 g/mol. The lowest BCUT2D eigenvalue weighted by Gasteiger charge is -2.04. The van der Waals surface area contributed by atoms with Crippen molar-refractivity contribution in [2.75, 3.05) is 0 Å². The van der Waals surface area contributed by atoms with Crippen LogP contribution in [0.2, 0.25) is 10.2 Å². The van der Waals surface area contributed by atoms with Crippen LogP contribution in [0.15, 0.2) is 24.4 Å². The number of halogens is 3. The molecule has 7 heteroatoms. The van der Waals surface area contributed by atoms with E-state index in [-0.39, 0.29) is 5.02 Å². The quantitative estimate of drug-likeness (QED) is 0.645. The van der Waals surface area contributed by atoms with E-state index in [9.17, 15) is 4.39 Å². The highest BCUT2D eigenvalue weighted by Crippen LogP contribution is 2.24. The summed E-state index contributed by atoms with van der Waals surface area (Å²) in [5.74, 6) is 0.00776. The molecule has 3 rings (SSSR count). The van der Waals surface area contributed by atoms with E-state index >= 15 is 0 Å². The summed E-state index contributed by atoms with van der Waals surface area (Å²) < 4.78 is 15.0. The van der Waals surface area contributed by atoms with E-state index in [0.29, 0.717) is 27.7 Å². The minimum absolute atomic E-state index is 0.0593. The molecule has 3 aromatic rings. The van der Waals surface area contributed by atoms with E-state index < -0.39 is 5.82 Å². The van der Waals surface area contributed by atoms with Gasteiger partial charge in [-0.2, -0.15) is 5.10 Å². The van der Waals surface area contributed by atoms with Crippen LogP contribution in [0.1, 0.15) is 5.82 Å². The van der Waals surface area contributed by atoms with Crippen LogP contribution >= 0.6 is 23.2 Å². The van der Waals surface area contributed by atoms with E-state index in [2.05, 4.69) is 15.1 Å². The molecule has 0 aliphatic carbocycles. The van der Waals surface area contributed by atoms with Gasteiger partial charge in [0.2, 0.25) is 0 Å². The first-order chi connectivity index (χ1) is 9.06. The third-order valence-electron chi connectivity index (χ3n) is 2.64. The second-order valence-corrected chi connectivity index (χ2v) is 4.72. The van der Waals surface area contributed by atoms with Crippen LogP contribution < -0.4 is 0 Å². The fourth-order valence-electron chi connectivity index (χ4n) is 1.78. The summed E-state index contributed by atoms with van der Waals surface area (Å²) in [6, 6.07) is 4.42. The topological polar surface area (TPSA) is 43.6 Å². The van der Waals surface area contributed by atoms with Gasteiger partial charge in [-0.3, -0.25) is 0 Å². The van der Waals surface area contributed by atoms with Crippen molar-refractivity contribution in [3.05, 3.63) is 46.2 Å². The molecule has 0 saturated carbocycles. The third kappa shape index (κ3) is 2.05. The van der Waals surface area contributed by atoms with E-state index in [1.54, 1.807) is 19.2 Å². The smallest absolute Gasteiger partial charge is 0.168 e. The number of aryl methyl sites for hydroxylation is 1. The second-order valence-electron chi connectivity index (χ2n) is 3.95. The van der Waals surface area contributed by atoms with Gasteiger partial charge in [0.15, 0.2) is 5.65 Å². The number of nitrogens with zero attached hydrogens (tertiary/aromatic N) is 4. The number of hydrogen-bond acceptors (Lipinski definition) is 3. The van der Waals surface area contributed by atoms with Gasteiger partial charge >= 0.3 is 0 Å². The largest absolute Gasteiger partial charge is 0.221 e. The predicted molar refractivity (Wildman–Crippen MR) is 71.4 cm³/mol. The molecule has 0 amide bonds. The molecule has 2 heterocycles. The first-order valence-electron chi connectivity index (χ1n) is 5.39. The third-order valence-corrected chi connectivity index (χ3v) is 3.24. The molecule has 0 aliphatic rings. The highest BCUT2D eigenvalue weighted by atomic mass is 35.5. The van der Waals surface area contributed by atoms with Gasteiger partial charge in [-0.25, -0.2) is 19.0 Å². The van der Waals surface area contributed by atoms with Crippen molar-refractivity contribution in [1.29, 1.82) is 0 Å². The van der Waals surface area contributed by atoms with Gasteiger partial charge in [0.05, 0.1) is 22.3 Å². The second kappa shape index (κ2) is 4.43. The molecule has 0 bridgehead atoms. The summed E-state index contributed by atoms with van der Waals surface area (Å²) in [5.41, 5.74) is 1.05. The molecule has 0 aliphatic heterocycles. The first-order valence-corrected chi connectivity index (χ1v) is 6.15. The van der Waals surface area contributed by atoms with Crippen LogP contribution in [0.5, 0.6) is 0 Å². The normalized spacial score (nSPS) is 11.2. The molecule has 0 atom stereocenters. The van der Waals surface area contributed by atoms with E-state index in [1.807, 2.05) is 0 Å². The minimum atomic E-state index is -0.514. The molecular formula is C12H7Cl2FN4. The SMILES string of the molecule is Cc1nc(Cl)c2cnn(-c3ccc(Cl)c(F)c3)c2n1. The van der Waals surface area contributed by atoms with Gasteiger partial charge in [0.1, 0.15) is 16.8 Å². The number of benzene rings is 1.